The topological polar surface area (TPSA) is 70.6 Å². The van der Waals surface area contributed by atoms with Gasteiger partial charge < -0.3 is 10.1 Å². The summed E-state index contributed by atoms with van der Waals surface area (Å²) in [5.74, 6) is 1.49. The highest BCUT2D eigenvalue weighted by atomic mass is 16.5. The average Bonchev–Trinajstić information content (AvgIpc) is 2.71. The maximum atomic E-state index is 11.3. The van der Waals surface area contributed by atoms with Gasteiger partial charge in [0.05, 0.1) is 19.2 Å². The Balaban J connectivity index is 1.67. The largest absolute Gasteiger partial charge is 0.469 e. The van der Waals surface area contributed by atoms with E-state index < -0.39 is 0 Å². The zero-order valence-electron chi connectivity index (χ0n) is 17.1. The van der Waals surface area contributed by atoms with Gasteiger partial charge in [-0.1, -0.05) is 12.1 Å². The Hall–Kier alpha value is -2.25. The molecule has 152 valence electrons. The van der Waals surface area contributed by atoms with Gasteiger partial charge in [-0.2, -0.15) is 0 Å². The zero-order valence-corrected chi connectivity index (χ0v) is 17.1. The third kappa shape index (κ3) is 5.39. The number of anilines is 1. The molecule has 1 N–H and O–H groups in total. The summed E-state index contributed by atoms with van der Waals surface area (Å²) in [6.45, 7) is 10.2. The Labute approximate surface area is 167 Å². The van der Waals surface area contributed by atoms with Crippen LogP contribution in [0.1, 0.15) is 32.5 Å². The maximum absolute atomic E-state index is 11.3. The maximum Gasteiger partial charge on any atom is 0.305 e. The molecular formula is C21H31N5O2. The van der Waals surface area contributed by atoms with E-state index in [1.165, 1.54) is 7.11 Å². The number of ether oxygens (including phenoxy) is 1. The van der Waals surface area contributed by atoms with Crippen LogP contribution < -0.4 is 5.32 Å². The summed E-state index contributed by atoms with van der Waals surface area (Å²) in [5.41, 5.74) is 0.948. The van der Waals surface area contributed by atoms with Crippen molar-refractivity contribution >= 4 is 22.7 Å². The molecule has 2 aromatic rings. The summed E-state index contributed by atoms with van der Waals surface area (Å²) >= 11 is 0. The molecule has 1 aromatic carbocycles. The minimum absolute atomic E-state index is 0.185. The van der Waals surface area contributed by atoms with E-state index in [1.807, 2.05) is 24.3 Å². The third-order valence-corrected chi connectivity index (χ3v) is 5.23. The van der Waals surface area contributed by atoms with Crippen LogP contribution in [0.2, 0.25) is 0 Å². The Morgan fingerprint density at radius 1 is 1.18 bits per heavy atom. The molecule has 0 amide bonds. The van der Waals surface area contributed by atoms with Crippen molar-refractivity contribution in [2.24, 2.45) is 0 Å². The van der Waals surface area contributed by atoms with Gasteiger partial charge in [-0.3, -0.25) is 14.6 Å². The number of methoxy groups -OCH3 is 1. The van der Waals surface area contributed by atoms with Crippen LogP contribution in [0.25, 0.3) is 10.9 Å². The highest BCUT2D eigenvalue weighted by molar-refractivity contribution is 5.89. The lowest BCUT2D eigenvalue weighted by molar-refractivity contribution is -0.140. The normalized spacial score (nSPS) is 15.9. The predicted molar refractivity (Wildman–Crippen MR) is 111 cm³/mol. The quantitative estimate of drug-likeness (QED) is 0.553. The van der Waals surface area contributed by atoms with Crippen LogP contribution in [0.4, 0.5) is 5.82 Å². The fourth-order valence-electron chi connectivity index (χ4n) is 3.51. The highest BCUT2D eigenvalue weighted by Gasteiger charge is 2.20. The standard InChI is InChI=1S/C21H31N5O2/c1-16(2)26-13-11-25(12-14-26)15-19-23-18-8-5-4-7-17(18)21(24-19)22-10-6-9-20(27)28-3/h4-5,7-8,16H,6,9-15H2,1-3H3,(H,22,23,24). The molecular weight excluding hydrogens is 354 g/mol. The number of esters is 1. The molecule has 1 aliphatic rings. The first-order valence-corrected chi connectivity index (χ1v) is 10.1. The number of carbonyl (C=O) groups excluding carboxylic acids is 1. The first kappa shape index (κ1) is 20.5. The molecule has 0 aliphatic carbocycles. The van der Waals surface area contributed by atoms with Crippen LogP contribution in [0.5, 0.6) is 0 Å². The average molecular weight is 386 g/mol. The van der Waals surface area contributed by atoms with Crippen LogP contribution in [0.3, 0.4) is 0 Å². The molecule has 1 aromatic heterocycles. The number of benzene rings is 1. The smallest absolute Gasteiger partial charge is 0.305 e. The summed E-state index contributed by atoms with van der Waals surface area (Å²) < 4.78 is 4.70. The number of nitrogens with one attached hydrogen (secondary N) is 1. The molecule has 1 aliphatic heterocycles. The van der Waals surface area contributed by atoms with Gasteiger partial charge in [0.2, 0.25) is 0 Å². The number of fused-ring (bicyclic) bond motifs is 1. The van der Waals surface area contributed by atoms with Crippen LogP contribution in [-0.4, -0.2) is 71.6 Å². The third-order valence-electron chi connectivity index (χ3n) is 5.23. The minimum Gasteiger partial charge on any atom is -0.469 e. The molecule has 1 fully saturated rings. The van der Waals surface area contributed by atoms with E-state index in [0.717, 1.165) is 55.3 Å². The van der Waals surface area contributed by atoms with Crippen molar-refractivity contribution in [2.45, 2.75) is 39.3 Å². The second kappa shape index (κ2) is 9.80. The van der Waals surface area contributed by atoms with Gasteiger partial charge in [-0.25, -0.2) is 9.97 Å². The van der Waals surface area contributed by atoms with Gasteiger partial charge in [0.25, 0.3) is 0 Å². The van der Waals surface area contributed by atoms with Gasteiger partial charge in [-0.15, -0.1) is 0 Å². The molecule has 0 saturated carbocycles. The molecule has 7 heteroatoms. The van der Waals surface area contributed by atoms with E-state index in [1.54, 1.807) is 0 Å². The monoisotopic (exact) mass is 385 g/mol. The summed E-state index contributed by atoms with van der Waals surface area (Å²) in [5, 5.41) is 4.39. The number of piperazine rings is 1. The second-order valence-corrected chi connectivity index (χ2v) is 7.52. The SMILES string of the molecule is COC(=O)CCCNc1nc(CN2CCN(C(C)C)CC2)nc2ccccc12. The van der Waals surface area contributed by atoms with Gasteiger partial charge in [0.1, 0.15) is 11.6 Å². The molecule has 0 unspecified atom stereocenters. The Kier molecular flexibility index (Phi) is 7.17. The van der Waals surface area contributed by atoms with E-state index >= 15 is 0 Å². The molecule has 0 radical (unpaired) electrons. The molecule has 0 atom stereocenters. The Morgan fingerprint density at radius 3 is 2.64 bits per heavy atom. The number of carbonyl (C=O) groups is 1. The van der Waals surface area contributed by atoms with Crippen LogP contribution in [0.15, 0.2) is 24.3 Å². The van der Waals surface area contributed by atoms with E-state index in [0.29, 0.717) is 25.4 Å². The van der Waals surface area contributed by atoms with Crippen molar-refractivity contribution in [3.8, 4) is 0 Å². The number of rotatable bonds is 8. The lowest BCUT2D eigenvalue weighted by Gasteiger charge is -2.36. The predicted octanol–water partition coefficient (Wildman–Crippen LogP) is 2.52. The summed E-state index contributed by atoms with van der Waals surface area (Å²) in [6.07, 6.45) is 1.11. The first-order valence-electron chi connectivity index (χ1n) is 10.1. The van der Waals surface area contributed by atoms with Crippen molar-refractivity contribution < 1.29 is 9.53 Å². The number of aromatic nitrogens is 2. The lowest BCUT2D eigenvalue weighted by Crippen LogP contribution is -2.48. The molecule has 7 nitrogen and oxygen atoms in total. The molecule has 0 bridgehead atoms. The second-order valence-electron chi connectivity index (χ2n) is 7.52. The number of hydrogen-bond acceptors (Lipinski definition) is 7. The summed E-state index contributed by atoms with van der Waals surface area (Å²) in [7, 11) is 1.42. The number of nitrogens with zero attached hydrogens (tertiary/aromatic N) is 4. The highest BCUT2D eigenvalue weighted by Crippen LogP contribution is 2.21. The first-order chi connectivity index (χ1) is 13.6. The van der Waals surface area contributed by atoms with Crippen molar-refractivity contribution in [3.05, 3.63) is 30.1 Å². The molecule has 28 heavy (non-hydrogen) atoms. The van der Waals surface area contributed by atoms with Crippen LogP contribution >= 0.6 is 0 Å². The molecule has 2 heterocycles. The fraction of sp³-hybridized carbons (Fsp3) is 0.571. The Bertz CT molecular complexity index is 787. The van der Waals surface area contributed by atoms with E-state index in [4.69, 9.17) is 14.7 Å². The Morgan fingerprint density at radius 2 is 1.93 bits per heavy atom. The molecule has 1 saturated heterocycles. The number of para-hydroxylation sites is 1. The van der Waals surface area contributed by atoms with Gasteiger partial charge in [0, 0.05) is 50.6 Å². The fourth-order valence-corrected chi connectivity index (χ4v) is 3.51. The van der Waals surface area contributed by atoms with Crippen LogP contribution in [-0.2, 0) is 16.1 Å². The molecule has 3 rings (SSSR count). The van der Waals surface area contributed by atoms with Gasteiger partial charge in [-0.05, 0) is 32.4 Å². The van der Waals surface area contributed by atoms with Gasteiger partial charge in [0.15, 0.2) is 0 Å². The van der Waals surface area contributed by atoms with E-state index in [-0.39, 0.29) is 5.97 Å². The van der Waals surface area contributed by atoms with Crippen molar-refractivity contribution in [3.63, 3.8) is 0 Å². The van der Waals surface area contributed by atoms with Crippen molar-refractivity contribution in [2.75, 3.05) is 45.2 Å². The van der Waals surface area contributed by atoms with Gasteiger partial charge >= 0.3 is 5.97 Å². The van der Waals surface area contributed by atoms with Crippen LogP contribution in [0, 0.1) is 0 Å². The van der Waals surface area contributed by atoms with E-state index in [2.05, 4.69) is 29.0 Å². The summed E-state index contributed by atoms with van der Waals surface area (Å²) in [6, 6.07) is 8.65. The van der Waals surface area contributed by atoms with Crippen molar-refractivity contribution in [1.29, 1.82) is 0 Å². The number of hydrogen-bond donors (Lipinski definition) is 1. The van der Waals surface area contributed by atoms with Crippen molar-refractivity contribution in [1.82, 2.24) is 19.8 Å². The van der Waals surface area contributed by atoms with E-state index in [9.17, 15) is 4.79 Å². The zero-order chi connectivity index (χ0) is 19.9. The molecule has 0 spiro atoms. The minimum atomic E-state index is -0.185. The summed E-state index contributed by atoms with van der Waals surface area (Å²) in [4.78, 5) is 25.8. The lowest BCUT2D eigenvalue weighted by atomic mass is 10.2.